The molecular formula is C23H23N3O2. The second-order valence-electron chi connectivity index (χ2n) is 6.52. The number of nitrogens with two attached hydrogens (primary N) is 1. The van der Waals surface area contributed by atoms with Crippen molar-refractivity contribution in [3.8, 4) is 0 Å². The number of rotatable bonds is 7. The SMILES string of the molecule is NC(=O)Nc1cccc(C(=O)N(CCc2ccccc2)Cc2ccccc2)c1. The first-order valence-corrected chi connectivity index (χ1v) is 9.15. The number of hydrogen-bond acceptors (Lipinski definition) is 2. The zero-order chi connectivity index (χ0) is 19.8. The summed E-state index contributed by atoms with van der Waals surface area (Å²) in [7, 11) is 0. The van der Waals surface area contributed by atoms with E-state index in [-0.39, 0.29) is 5.91 Å². The van der Waals surface area contributed by atoms with E-state index in [2.05, 4.69) is 17.4 Å². The van der Waals surface area contributed by atoms with Gasteiger partial charge in [0.25, 0.3) is 5.91 Å². The van der Waals surface area contributed by atoms with Gasteiger partial charge in [-0.2, -0.15) is 0 Å². The van der Waals surface area contributed by atoms with Crippen molar-refractivity contribution < 1.29 is 9.59 Å². The minimum atomic E-state index is -0.658. The number of amides is 3. The van der Waals surface area contributed by atoms with Crippen molar-refractivity contribution >= 4 is 17.6 Å². The van der Waals surface area contributed by atoms with Crippen LogP contribution in [0.3, 0.4) is 0 Å². The second-order valence-corrected chi connectivity index (χ2v) is 6.52. The first kappa shape index (κ1) is 19.2. The van der Waals surface area contributed by atoms with Crippen molar-refractivity contribution in [3.63, 3.8) is 0 Å². The van der Waals surface area contributed by atoms with Gasteiger partial charge in [0.1, 0.15) is 0 Å². The fourth-order valence-electron chi connectivity index (χ4n) is 3.02. The predicted molar refractivity (Wildman–Crippen MR) is 111 cm³/mol. The Morgan fingerprint density at radius 1 is 0.821 bits per heavy atom. The van der Waals surface area contributed by atoms with Crippen molar-refractivity contribution in [2.24, 2.45) is 5.73 Å². The Balaban J connectivity index is 1.80. The van der Waals surface area contributed by atoms with E-state index >= 15 is 0 Å². The number of primary amides is 1. The standard InChI is InChI=1S/C23H23N3O2/c24-23(28)25-21-13-7-12-20(16-21)22(27)26(17-19-10-5-2-6-11-19)15-14-18-8-3-1-4-9-18/h1-13,16H,14-15,17H2,(H3,24,25,28). The number of carbonyl (C=O) groups is 2. The minimum absolute atomic E-state index is 0.0899. The molecule has 0 atom stereocenters. The van der Waals surface area contributed by atoms with Crippen LogP contribution in [0.1, 0.15) is 21.5 Å². The van der Waals surface area contributed by atoms with E-state index < -0.39 is 6.03 Å². The third kappa shape index (κ3) is 5.45. The van der Waals surface area contributed by atoms with Crippen LogP contribution < -0.4 is 11.1 Å². The molecule has 3 N–H and O–H groups in total. The fourth-order valence-corrected chi connectivity index (χ4v) is 3.02. The van der Waals surface area contributed by atoms with E-state index in [0.717, 1.165) is 12.0 Å². The summed E-state index contributed by atoms with van der Waals surface area (Å²) in [5.74, 6) is -0.0899. The van der Waals surface area contributed by atoms with Crippen LogP contribution in [0.25, 0.3) is 0 Å². The molecule has 0 aliphatic rings. The zero-order valence-electron chi connectivity index (χ0n) is 15.5. The molecule has 3 aromatic rings. The van der Waals surface area contributed by atoms with Gasteiger partial charge in [0.2, 0.25) is 0 Å². The molecule has 0 unspecified atom stereocenters. The average molecular weight is 373 g/mol. The lowest BCUT2D eigenvalue weighted by Gasteiger charge is -2.23. The van der Waals surface area contributed by atoms with Crippen LogP contribution in [0.5, 0.6) is 0 Å². The molecule has 0 fully saturated rings. The quantitative estimate of drug-likeness (QED) is 0.655. The maximum atomic E-state index is 13.2. The highest BCUT2D eigenvalue weighted by Gasteiger charge is 2.17. The molecule has 0 spiro atoms. The van der Waals surface area contributed by atoms with Crippen molar-refractivity contribution in [1.82, 2.24) is 4.90 Å². The molecule has 3 amide bonds. The first-order chi connectivity index (χ1) is 13.6. The van der Waals surface area contributed by atoms with Crippen molar-refractivity contribution in [1.29, 1.82) is 0 Å². The normalized spacial score (nSPS) is 10.3. The van der Waals surface area contributed by atoms with Gasteiger partial charge in [0.15, 0.2) is 0 Å². The number of carbonyl (C=O) groups excluding carboxylic acids is 2. The molecule has 28 heavy (non-hydrogen) atoms. The molecule has 0 saturated carbocycles. The van der Waals surface area contributed by atoms with Gasteiger partial charge in [-0.25, -0.2) is 4.79 Å². The summed E-state index contributed by atoms with van der Waals surface area (Å²) in [6.45, 7) is 1.10. The monoisotopic (exact) mass is 373 g/mol. The lowest BCUT2D eigenvalue weighted by molar-refractivity contribution is 0.0745. The van der Waals surface area contributed by atoms with E-state index in [4.69, 9.17) is 5.73 Å². The highest BCUT2D eigenvalue weighted by molar-refractivity contribution is 5.96. The van der Waals surface area contributed by atoms with Crippen LogP contribution in [0.2, 0.25) is 0 Å². The van der Waals surface area contributed by atoms with Gasteiger partial charge in [0.05, 0.1) is 0 Å². The molecule has 5 heteroatoms. The van der Waals surface area contributed by atoms with E-state index in [0.29, 0.717) is 24.3 Å². The minimum Gasteiger partial charge on any atom is -0.351 e. The number of urea groups is 1. The number of nitrogens with one attached hydrogen (secondary N) is 1. The Morgan fingerprint density at radius 3 is 2.11 bits per heavy atom. The summed E-state index contributed by atoms with van der Waals surface area (Å²) in [5.41, 5.74) is 8.43. The Kier molecular flexibility index (Phi) is 6.41. The summed E-state index contributed by atoms with van der Waals surface area (Å²) in [4.78, 5) is 26.1. The Hall–Kier alpha value is -3.60. The van der Waals surface area contributed by atoms with E-state index in [1.165, 1.54) is 5.56 Å². The lowest BCUT2D eigenvalue weighted by Crippen LogP contribution is -2.32. The van der Waals surface area contributed by atoms with Crippen molar-refractivity contribution in [2.45, 2.75) is 13.0 Å². The smallest absolute Gasteiger partial charge is 0.316 e. The molecule has 0 bridgehead atoms. The van der Waals surface area contributed by atoms with E-state index in [9.17, 15) is 9.59 Å². The van der Waals surface area contributed by atoms with E-state index in [1.807, 2.05) is 53.4 Å². The van der Waals surface area contributed by atoms with Gasteiger partial charge in [-0.05, 0) is 35.7 Å². The third-order valence-electron chi connectivity index (χ3n) is 4.39. The molecular weight excluding hydrogens is 350 g/mol. The van der Waals surface area contributed by atoms with Gasteiger partial charge < -0.3 is 16.0 Å². The Bertz CT molecular complexity index is 927. The van der Waals surface area contributed by atoms with Crippen LogP contribution in [-0.4, -0.2) is 23.4 Å². The van der Waals surface area contributed by atoms with Crippen LogP contribution in [-0.2, 0) is 13.0 Å². The van der Waals surface area contributed by atoms with Crippen LogP contribution in [0.4, 0.5) is 10.5 Å². The lowest BCUT2D eigenvalue weighted by atomic mass is 10.1. The summed E-state index contributed by atoms with van der Waals surface area (Å²) < 4.78 is 0. The number of benzene rings is 3. The number of hydrogen-bond donors (Lipinski definition) is 2. The Morgan fingerprint density at radius 2 is 1.46 bits per heavy atom. The maximum absolute atomic E-state index is 13.2. The average Bonchev–Trinajstić information content (AvgIpc) is 2.72. The highest BCUT2D eigenvalue weighted by atomic mass is 16.2. The van der Waals surface area contributed by atoms with Gasteiger partial charge >= 0.3 is 6.03 Å². The van der Waals surface area contributed by atoms with Gasteiger partial charge in [-0.3, -0.25) is 4.79 Å². The zero-order valence-corrected chi connectivity index (χ0v) is 15.5. The molecule has 142 valence electrons. The number of nitrogens with zero attached hydrogens (tertiary/aromatic N) is 1. The second kappa shape index (κ2) is 9.37. The van der Waals surface area contributed by atoms with Crippen molar-refractivity contribution in [3.05, 3.63) is 102 Å². The summed E-state index contributed by atoms with van der Waals surface area (Å²) in [6.07, 6.45) is 0.763. The summed E-state index contributed by atoms with van der Waals surface area (Å²) in [6, 6.07) is 26.2. The van der Waals surface area contributed by atoms with Gasteiger partial charge in [-0.1, -0.05) is 66.7 Å². The maximum Gasteiger partial charge on any atom is 0.316 e. The number of anilines is 1. The van der Waals surface area contributed by atoms with Gasteiger partial charge in [0, 0.05) is 24.3 Å². The van der Waals surface area contributed by atoms with Crippen LogP contribution >= 0.6 is 0 Å². The molecule has 3 aromatic carbocycles. The molecule has 0 aromatic heterocycles. The predicted octanol–water partition coefficient (Wildman–Crippen LogP) is 4.06. The molecule has 0 saturated heterocycles. The highest BCUT2D eigenvalue weighted by Crippen LogP contribution is 2.15. The molecule has 0 aliphatic carbocycles. The molecule has 5 nitrogen and oxygen atoms in total. The molecule has 0 aliphatic heterocycles. The van der Waals surface area contributed by atoms with Gasteiger partial charge in [-0.15, -0.1) is 0 Å². The molecule has 0 heterocycles. The Labute approximate surface area is 164 Å². The fraction of sp³-hybridized carbons (Fsp3) is 0.130. The van der Waals surface area contributed by atoms with Crippen LogP contribution in [0, 0.1) is 0 Å². The third-order valence-corrected chi connectivity index (χ3v) is 4.39. The van der Waals surface area contributed by atoms with E-state index in [1.54, 1.807) is 24.3 Å². The summed E-state index contributed by atoms with van der Waals surface area (Å²) >= 11 is 0. The molecule has 3 rings (SSSR count). The first-order valence-electron chi connectivity index (χ1n) is 9.15. The van der Waals surface area contributed by atoms with Crippen LogP contribution in [0.15, 0.2) is 84.9 Å². The summed E-state index contributed by atoms with van der Waals surface area (Å²) in [5, 5.41) is 2.51. The largest absolute Gasteiger partial charge is 0.351 e. The topological polar surface area (TPSA) is 75.4 Å². The van der Waals surface area contributed by atoms with Crippen molar-refractivity contribution in [2.75, 3.05) is 11.9 Å². The molecule has 0 radical (unpaired) electrons.